The molecule has 128 valence electrons. The molecule has 0 aromatic rings. The molecule has 0 saturated carbocycles. The fourth-order valence-electron chi connectivity index (χ4n) is 3.67. The number of halogens is 2. The number of rotatable bonds is 6. The summed E-state index contributed by atoms with van der Waals surface area (Å²) in [6, 6.07) is 0. The molecule has 0 aromatic heterocycles. The number of fused-ring (bicyclic) bond motifs is 3. The summed E-state index contributed by atoms with van der Waals surface area (Å²) in [7, 11) is 0. The van der Waals surface area contributed by atoms with E-state index in [4.69, 9.17) is 5.73 Å². The van der Waals surface area contributed by atoms with Crippen molar-refractivity contribution in [1.82, 2.24) is 5.32 Å². The number of nitrogens with zero attached hydrogens (tertiary/aromatic N) is 2. The van der Waals surface area contributed by atoms with Crippen LogP contribution in [0.1, 0.15) is 20.8 Å². The largest absolute Gasteiger partial charge is 1.00 e. The molecule has 0 aliphatic carbocycles. The molecule has 3 heterocycles. The topological polar surface area (TPSA) is 38.0 Å². The first-order chi connectivity index (χ1) is 8.89. The van der Waals surface area contributed by atoms with Crippen molar-refractivity contribution >= 4 is 0 Å². The summed E-state index contributed by atoms with van der Waals surface area (Å²) < 4.78 is 2.67. The predicted molar refractivity (Wildman–Crippen MR) is 80.8 cm³/mol. The molecule has 3 aliphatic heterocycles. The lowest BCUT2D eigenvalue weighted by molar-refractivity contribution is -1.08. The Bertz CT molecular complexity index is 280. The van der Waals surface area contributed by atoms with Gasteiger partial charge in [0, 0.05) is 19.6 Å². The fraction of sp³-hybridized carbons (Fsp3) is 1.00. The number of hydrogen-bond acceptors (Lipinski definition) is 2. The van der Waals surface area contributed by atoms with Crippen molar-refractivity contribution in [2.75, 3.05) is 72.0 Å². The summed E-state index contributed by atoms with van der Waals surface area (Å²) in [5.74, 6) is 0. The Labute approximate surface area is 143 Å². The monoisotopic (exact) mass is 340 g/mol. The van der Waals surface area contributed by atoms with Crippen LogP contribution >= 0.6 is 0 Å². The summed E-state index contributed by atoms with van der Waals surface area (Å²) in [6.07, 6.45) is 0. The highest BCUT2D eigenvalue weighted by molar-refractivity contribution is 4.66. The van der Waals surface area contributed by atoms with Crippen molar-refractivity contribution < 1.29 is 33.8 Å². The average Bonchev–Trinajstić information content (AvgIpc) is 2.36. The van der Waals surface area contributed by atoms with Crippen molar-refractivity contribution in [1.29, 1.82) is 0 Å². The van der Waals surface area contributed by atoms with Gasteiger partial charge in [0.1, 0.15) is 39.3 Å². The summed E-state index contributed by atoms with van der Waals surface area (Å²) in [4.78, 5) is 0. The summed E-state index contributed by atoms with van der Waals surface area (Å²) >= 11 is 0. The van der Waals surface area contributed by atoms with Gasteiger partial charge in [0.25, 0.3) is 0 Å². The molecule has 3 aliphatic rings. The van der Waals surface area contributed by atoms with Crippen LogP contribution in [0.3, 0.4) is 0 Å². The van der Waals surface area contributed by atoms with E-state index in [0.29, 0.717) is 5.41 Å². The quantitative estimate of drug-likeness (QED) is 0.373. The van der Waals surface area contributed by atoms with Crippen molar-refractivity contribution in [3.8, 4) is 0 Å². The number of nitrogens with two attached hydrogens (primary N) is 1. The van der Waals surface area contributed by atoms with Gasteiger partial charge in [0.15, 0.2) is 0 Å². The maximum absolute atomic E-state index is 5.78. The Kier molecular flexibility index (Phi) is 8.49. The highest BCUT2D eigenvalue weighted by atomic mass is 35.5. The van der Waals surface area contributed by atoms with E-state index in [2.05, 4.69) is 26.1 Å². The standard InChI is InChI=1S/C15H34N4.2ClH/c1-15(2,3)14-17-5-7-19-11-8-18(6-4-16,9-12-19)10-13-19;;/h17H,4-14,16H2,1-3H3;2*1H/q+2;;/p-2. The lowest BCUT2D eigenvalue weighted by Gasteiger charge is -2.55. The minimum Gasteiger partial charge on any atom is -1.00 e. The van der Waals surface area contributed by atoms with Crippen molar-refractivity contribution in [3.63, 3.8) is 0 Å². The Morgan fingerprint density at radius 3 is 1.67 bits per heavy atom. The van der Waals surface area contributed by atoms with E-state index in [0.717, 1.165) is 13.1 Å². The van der Waals surface area contributed by atoms with Crippen LogP contribution < -0.4 is 35.9 Å². The Morgan fingerprint density at radius 2 is 1.29 bits per heavy atom. The predicted octanol–water partition coefficient (Wildman–Crippen LogP) is -5.75. The molecular weight excluding hydrogens is 307 g/mol. The molecule has 0 radical (unpaired) electrons. The van der Waals surface area contributed by atoms with E-state index in [-0.39, 0.29) is 24.8 Å². The van der Waals surface area contributed by atoms with Gasteiger partial charge in [0.2, 0.25) is 0 Å². The van der Waals surface area contributed by atoms with Crippen LogP contribution in [0, 0.1) is 5.41 Å². The molecule has 3 rings (SSSR count). The number of quaternary nitrogens is 2. The molecule has 6 heteroatoms. The first-order valence-electron chi connectivity index (χ1n) is 8.00. The minimum atomic E-state index is 0. The van der Waals surface area contributed by atoms with Crippen LogP contribution in [-0.2, 0) is 0 Å². The zero-order valence-electron chi connectivity index (χ0n) is 14.0. The average molecular weight is 341 g/mol. The van der Waals surface area contributed by atoms with Crippen LogP contribution in [0.25, 0.3) is 0 Å². The summed E-state index contributed by atoms with van der Waals surface area (Å²) in [5.41, 5.74) is 6.18. The van der Waals surface area contributed by atoms with Gasteiger partial charge in [-0.15, -0.1) is 0 Å². The molecular formula is C15H34Cl2N4. The zero-order chi connectivity index (χ0) is 14.0. The summed E-state index contributed by atoms with van der Waals surface area (Å²) in [6.45, 7) is 20.8. The van der Waals surface area contributed by atoms with Crippen molar-refractivity contribution in [2.24, 2.45) is 11.1 Å². The van der Waals surface area contributed by atoms with Gasteiger partial charge in [-0.1, -0.05) is 20.8 Å². The zero-order valence-corrected chi connectivity index (χ0v) is 15.5. The van der Waals surface area contributed by atoms with E-state index in [1.54, 1.807) is 0 Å². The molecule has 0 aromatic carbocycles. The molecule has 21 heavy (non-hydrogen) atoms. The van der Waals surface area contributed by atoms with Gasteiger partial charge >= 0.3 is 0 Å². The van der Waals surface area contributed by atoms with Crippen molar-refractivity contribution in [2.45, 2.75) is 20.8 Å². The van der Waals surface area contributed by atoms with Gasteiger partial charge in [-0.05, 0) is 5.41 Å². The third-order valence-corrected chi connectivity index (χ3v) is 5.17. The van der Waals surface area contributed by atoms with Crippen molar-refractivity contribution in [3.05, 3.63) is 0 Å². The lowest BCUT2D eigenvalue weighted by atomic mass is 9.97. The molecule has 2 bridgehead atoms. The number of nitrogens with one attached hydrogen (secondary N) is 1. The molecule has 3 N–H and O–H groups in total. The molecule has 0 amide bonds. The smallest absolute Gasteiger partial charge is 0.129 e. The number of hydrogen-bond donors (Lipinski definition) is 2. The first kappa shape index (κ1) is 21.4. The Hall–Kier alpha value is 0.420. The first-order valence-corrected chi connectivity index (χ1v) is 8.00. The van der Waals surface area contributed by atoms with Gasteiger partial charge in [0.05, 0.1) is 13.1 Å². The Morgan fingerprint density at radius 1 is 0.857 bits per heavy atom. The maximum atomic E-state index is 5.78. The van der Waals surface area contributed by atoms with Gasteiger partial charge in [-0.25, -0.2) is 0 Å². The van der Waals surface area contributed by atoms with Crippen LogP contribution in [-0.4, -0.2) is 81.0 Å². The minimum absolute atomic E-state index is 0. The van der Waals surface area contributed by atoms with Gasteiger partial charge in [-0.3, -0.25) is 0 Å². The summed E-state index contributed by atoms with van der Waals surface area (Å²) in [5, 5.41) is 3.64. The van der Waals surface area contributed by atoms with E-state index >= 15 is 0 Å². The third kappa shape index (κ3) is 5.85. The third-order valence-electron chi connectivity index (χ3n) is 5.17. The second-order valence-electron chi connectivity index (χ2n) is 8.00. The van der Waals surface area contributed by atoms with E-state index in [1.807, 2.05) is 0 Å². The lowest BCUT2D eigenvalue weighted by Crippen LogP contribution is -3.00. The molecule has 0 atom stereocenters. The number of piperazine rings is 3. The molecule has 0 unspecified atom stereocenters. The van der Waals surface area contributed by atoms with Gasteiger partial charge in [-0.2, -0.15) is 0 Å². The molecule has 3 fully saturated rings. The van der Waals surface area contributed by atoms with E-state index in [9.17, 15) is 0 Å². The second-order valence-corrected chi connectivity index (χ2v) is 8.00. The molecule has 3 saturated heterocycles. The Balaban J connectivity index is 0.00000200. The van der Waals surface area contributed by atoms with Crippen LogP contribution in [0.4, 0.5) is 0 Å². The van der Waals surface area contributed by atoms with Crippen LogP contribution in [0.2, 0.25) is 0 Å². The van der Waals surface area contributed by atoms with Gasteiger partial charge < -0.3 is 44.8 Å². The molecule has 0 spiro atoms. The van der Waals surface area contributed by atoms with Crippen LogP contribution in [0.15, 0.2) is 0 Å². The fourth-order valence-corrected chi connectivity index (χ4v) is 3.67. The van der Waals surface area contributed by atoms with E-state index in [1.165, 1.54) is 67.9 Å². The highest BCUT2D eigenvalue weighted by Gasteiger charge is 2.48. The maximum Gasteiger partial charge on any atom is 0.129 e. The highest BCUT2D eigenvalue weighted by Crippen LogP contribution is 2.25. The van der Waals surface area contributed by atoms with E-state index < -0.39 is 0 Å². The second kappa shape index (κ2) is 8.32. The molecule has 4 nitrogen and oxygen atoms in total. The van der Waals surface area contributed by atoms with Crippen LogP contribution in [0.5, 0.6) is 0 Å². The normalized spacial score (nSPS) is 31.4. The SMILES string of the molecule is CC(C)(C)CNCC[N+]12CC[N+](CCN)(CC1)CC2.[Cl-].[Cl-].